The number of aromatic nitrogens is 1. The molecule has 4 rings (SSSR count). The van der Waals surface area contributed by atoms with Crippen molar-refractivity contribution in [3.05, 3.63) is 53.4 Å². The summed E-state index contributed by atoms with van der Waals surface area (Å²) in [6, 6.07) is 7.37. The zero-order valence-corrected chi connectivity index (χ0v) is 17.0. The molecule has 29 heavy (non-hydrogen) atoms. The summed E-state index contributed by atoms with van der Waals surface area (Å²) < 4.78 is 45.1. The van der Waals surface area contributed by atoms with Gasteiger partial charge in [0.15, 0.2) is 11.6 Å². The number of fused-ring (bicyclic) bond motifs is 2. The van der Waals surface area contributed by atoms with Gasteiger partial charge in [-0.25, -0.2) is 12.8 Å². The molecule has 8 heteroatoms. The summed E-state index contributed by atoms with van der Waals surface area (Å²) in [7, 11) is -3.54. The van der Waals surface area contributed by atoms with Gasteiger partial charge in [0.05, 0.1) is 17.2 Å². The van der Waals surface area contributed by atoms with E-state index in [4.69, 9.17) is 4.42 Å². The molecule has 3 aromatic rings. The number of nitrogens with zero attached hydrogens (tertiary/aromatic N) is 2. The van der Waals surface area contributed by atoms with E-state index in [1.54, 1.807) is 6.07 Å². The van der Waals surface area contributed by atoms with Crippen molar-refractivity contribution in [2.45, 2.75) is 20.3 Å². The molecular weight excluding hydrogens is 395 g/mol. The van der Waals surface area contributed by atoms with Crippen LogP contribution in [0.1, 0.15) is 36.2 Å². The van der Waals surface area contributed by atoms with E-state index in [-0.39, 0.29) is 29.6 Å². The molecule has 0 saturated carbocycles. The number of rotatable bonds is 3. The summed E-state index contributed by atoms with van der Waals surface area (Å²) in [4.78, 5) is 16.9. The fraction of sp³-hybridized carbons (Fsp3) is 0.238. The molecule has 0 unspecified atom stereocenters. The fourth-order valence-electron chi connectivity index (χ4n) is 3.59. The van der Waals surface area contributed by atoms with E-state index < -0.39 is 15.8 Å². The van der Waals surface area contributed by atoms with Gasteiger partial charge < -0.3 is 4.42 Å². The summed E-state index contributed by atoms with van der Waals surface area (Å²) in [5.41, 5.74) is 2.55. The number of Topliss-reactive ketones (excluding diaryl/α,β-unsaturated/α-hetero) is 1. The Kier molecular flexibility index (Phi) is 4.53. The van der Waals surface area contributed by atoms with Crippen LogP contribution in [-0.4, -0.2) is 32.0 Å². The SMILES string of the molecule is CC(=O)c1c(-c2ccc(F)cc2)oc2nc3c(cc12)C(C)=CCCN3S(C)(=O)=O. The Labute approximate surface area is 167 Å². The van der Waals surface area contributed by atoms with Gasteiger partial charge in [-0.2, -0.15) is 4.98 Å². The van der Waals surface area contributed by atoms with Gasteiger partial charge in [-0.3, -0.25) is 9.10 Å². The maximum Gasteiger partial charge on any atom is 0.233 e. The minimum absolute atomic E-state index is 0.164. The number of allylic oxidation sites excluding steroid dienone is 1. The van der Waals surface area contributed by atoms with Crippen LogP contribution < -0.4 is 4.31 Å². The van der Waals surface area contributed by atoms with Crippen molar-refractivity contribution >= 4 is 38.3 Å². The van der Waals surface area contributed by atoms with Crippen molar-refractivity contribution < 1.29 is 22.0 Å². The molecule has 1 aromatic carbocycles. The first-order valence-corrected chi connectivity index (χ1v) is 10.9. The maximum absolute atomic E-state index is 13.3. The van der Waals surface area contributed by atoms with Crippen LogP contribution in [-0.2, 0) is 10.0 Å². The number of benzene rings is 1. The molecular formula is C21H19FN2O4S. The Hall–Kier alpha value is -3.00. The lowest BCUT2D eigenvalue weighted by Crippen LogP contribution is -2.31. The molecule has 0 atom stereocenters. The van der Waals surface area contributed by atoms with E-state index in [0.717, 1.165) is 11.8 Å². The number of carbonyl (C=O) groups excluding carboxylic acids is 1. The Morgan fingerprint density at radius 3 is 2.55 bits per heavy atom. The average Bonchev–Trinajstić information content (AvgIpc) is 2.93. The third kappa shape index (κ3) is 3.33. The van der Waals surface area contributed by atoms with Crippen LogP contribution in [0.2, 0.25) is 0 Å². The van der Waals surface area contributed by atoms with Gasteiger partial charge in [-0.05, 0) is 56.2 Å². The molecule has 0 fully saturated rings. The van der Waals surface area contributed by atoms with Crippen LogP contribution in [0.25, 0.3) is 28.0 Å². The smallest absolute Gasteiger partial charge is 0.233 e. The molecule has 1 aliphatic rings. The summed E-state index contributed by atoms with van der Waals surface area (Å²) in [5.74, 6) is -0.0582. The lowest BCUT2D eigenvalue weighted by molar-refractivity contribution is 0.101. The number of sulfonamides is 1. The second-order valence-electron chi connectivity index (χ2n) is 7.09. The molecule has 0 aliphatic carbocycles. The monoisotopic (exact) mass is 414 g/mol. The normalized spacial score (nSPS) is 14.5. The Morgan fingerprint density at radius 1 is 1.24 bits per heavy atom. The van der Waals surface area contributed by atoms with E-state index in [0.29, 0.717) is 28.5 Å². The molecule has 3 heterocycles. The Bertz CT molecular complexity index is 1270. The number of ketones is 1. The zero-order valence-electron chi connectivity index (χ0n) is 16.2. The van der Waals surface area contributed by atoms with Crippen molar-refractivity contribution in [1.29, 1.82) is 0 Å². The van der Waals surface area contributed by atoms with Gasteiger partial charge in [-0.15, -0.1) is 0 Å². The van der Waals surface area contributed by atoms with E-state index >= 15 is 0 Å². The third-order valence-corrected chi connectivity index (χ3v) is 6.12. The maximum atomic E-state index is 13.3. The summed E-state index contributed by atoms with van der Waals surface area (Å²) in [6.07, 6.45) is 3.64. The molecule has 0 N–H and O–H groups in total. The molecule has 1 aliphatic heterocycles. The first-order valence-electron chi connectivity index (χ1n) is 9.06. The molecule has 0 spiro atoms. The Morgan fingerprint density at radius 2 is 1.93 bits per heavy atom. The van der Waals surface area contributed by atoms with Crippen molar-refractivity contribution in [2.75, 3.05) is 17.1 Å². The van der Waals surface area contributed by atoms with Crippen molar-refractivity contribution in [3.8, 4) is 11.3 Å². The zero-order chi connectivity index (χ0) is 20.9. The minimum atomic E-state index is -3.54. The van der Waals surface area contributed by atoms with Crippen molar-refractivity contribution in [2.24, 2.45) is 0 Å². The topological polar surface area (TPSA) is 80.5 Å². The lowest BCUT2D eigenvalue weighted by atomic mass is 10.0. The van der Waals surface area contributed by atoms with E-state index in [9.17, 15) is 17.6 Å². The van der Waals surface area contributed by atoms with Crippen LogP contribution in [0.15, 0.2) is 40.8 Å². The number of carbonyl (C=O) groups is 1. The van der Waals surface area contributed by atoms with E-state index in [1.165, 1.54) is 35.5 Å². The van der Waals surface area contributed by atoms with Crippen molar-refractivity contribution in [3.63, 3.8) is 0 Å². The van der Waals surface area contributed by atoms with Gasteiger partial charge in [0, 0.05) is 17.7 Å². The van der Waals surface area contributed by atoms with Crippen LogP contribution in [0.5, 0.6) is 0 Å². The average molecular weight is 414 g/mol. The highest BCUT2D eigenvalue weighted by atomic mass is 32.2. The van der Waals surface area contributed by atoms with Crippen LogP contribution in [0.4, 0.5) is 10.2 Å². The number of hydrogen-bond acceptors (Lipinski definition) is 5. The molecule has 0 bridgehead atoms. The summed E-state index contributed by atoms with van der Waals surface area (Å²) in [6.45, 7) is 3.58. The van der Waals surface area contributed by atoms with Crippen molar-refractivity contribution in [1.82, 2.24) is 4.98 Å². The highest BCUT2D eigenvalue weighted by molar-refractivity contribution is 7.92. The van der Waals surface area contributed by atoms with E-state index in [1.807, 2.05) is 13.0 Å². The number of pyridine rings is 1. The Balaban J connectivity index is 2.04. The molecule has 2 aromatic heterocycles. The second kappa shape index (κ2) is 6.81. The summed E-state index contributed by atoms with van der Waals surface area (Å²) >= 11 is 0. The number of furan rings is 1. The van der Waals surface area contributed by atoms with Crippen LogP contribution in [0.3, 0.4) is 0 Å². The molecule has 6 nitrogen and oxygen atoms in total. The quantitative estimate of drug-likeness (QED) is 0.593. The number of hydrogen-bond donors (Lipinski definition) is 0. The second-order valence-corrected chi connectivity index (χ2v) is 9.00. The molecule has 150 valence electrons. The highest BCUT2D eigenvalue weighted by Gasteiger charge is 2.28. The fourth-order valence-corrected chi connectivity index (χ4v) is 4.48. The first kappa shape index (κ1) is 19.3. The van der Waals surface area contributed by atoms with Gasteiger partial charge in [0.25, 0.3) is 0 Å². The predicted molar refractivity (Wildman–Crippen MR) is 110 cm³/mol. The molecule has 0 amide bonds. The first-order chi connectivity index (χ1) is 13.7. The highest BCUT2D eigenvalue weighted by Crippen LogP contribution is 2.39. The summed E-state index contributed by atoms with van der Waals surface area (Å²) in [5, 5.41) is 0.499. The van der Waals surface area contributed by atoms with Crippen LogP contribution >= 0.6 is 0 Å². The third-order valence-electron chi connectivity index (χ3n) is 4.97. The van der Waals surface area contributed by atoms with E-state index in [2.05, 4.69) is 4.98 Å². The van der Waals surface area contributed by atoms with Gasteiger partial charge in [0.1, 0.15) is 11.6 Å². The number of halogens is 1. The predicted octanol–water partition coefficient (Wildman–Crippen LogP) is 4.41. The standard InChI is InChI=1S/C21H19FN2O4S/c1-12-5-4-10-24(29(3,26)27)20-16(12)11-17-18(13(2)25)19(28-21(17)23-20)14-6-8-15(22)9-7-14/h5-9,11H,4,10H2,1-3H3. The van der Waals surface area contributed by atoms with Gasteiger partial charge >= 0.3 is 0 Å². The van der Waals surface area contributed by atoms with Gasteiger partial charge in [0.2, 0.25) is 15.7 Å². The number of anilines is 1. The molecule has 0 saturated heterocycles. The van der Waals surface area contributed by atoms with Gasteiger partial charge in [-0.1, -0.05) is 6.08 Å². The lowest BCUT2D eigenvalue weighted by Gasteiger charge is -2.21. The molecule has 0 radical (unpaired) electrons. The van der Waals surface area contributed by atoms with Crippen LogP contribution in [0, 0.1) is 5.82 Å². The minimum Gasteiger partial charge on any atom is -0.437 e. The largest absolute Gasteiger partial charge is 0.437 e.